The molecule has 0 saturated carbocycles. The van der Waals surface area contributed by atoms with Crippen LogP contribution >= 0.6 is 15.9 Å². The van der Waals surface area contributed by atoms with E-state index in [1.54, 1.807) is 6.07 Å². The third-order valence-corrected chi connectivity index (χ3v) is 3.91. The molecule has 0 radical (unpaired) electrons. The highest BCUT2D eigenvalue weighted by Crippen LogP contribution is 2.40. The Morgan fingerprint density at radius 2 is 2.06 bits per heavy atom. The van der Waals surface area contributed by atoms with Crippen molar-refractivity contribution in [3.8, 4) is 0 Å². The van der Waals surface area contributed by atoms with Gasteiger partial charge < -0.3 is 5.32 Å². The second-order valence-electron chi connectivity index (χ2n) is 4.18. The van der Waals surface area contributed by atoms with Crippen molar-refractivity contribution in [1.82, 2.24) is 5.32 Å². The van der Waals surface area contributed by atoms with Crippen LogP contribution in [0, 0.1) is 0 Å². The maximum absolute atomic E-state index is 12.6. The number of halogens is 4. The zero-order valence-electron chi connectivity index (χ0n) is 9.35. The summed E-state index contributed by atoms with van der Waals surface area (Å²) in [7, 11) is 0. The van der Waals surface area contributed by atoms with Crippen molar-refractivity contribution in [3.63, 3.8) is 0 Å². The Labute approximate surface area is 111 Å². The molecule has 6 heteroatoms. The fourth-order valence-electron chi connectivity index (χ4n) is 1.95. The number of aryl methyl sites for hydroxylation is 1. The van der Waals surface area contributed by atoms with Gasteiger partial charge in [-0.05, 0) is 30.0 Å². The van der Waals surface area contributed by atoms with E-state index in [2.05, 4.69) is 21.2 Å². The number of alkyl halides is 4. The molecule has 1 aromatic carbocycles. The van der Waals surface area contributed by atoms with Crippen LogP contribution in [0.4, 0.5) is 13.2 Å². The van der Waals surface area contributed by atoms with Gasteiger partial charge in [0.05, 0.1) is 0 Å². The number of nitrogens with one attached hydrogen (secondary N) is 1. The molecule has 1 aliphatic heterocycles. The first-order valence-electron chi connectivity index (χ1n) is 5.51. The van der Waals surface area contributed by atoms with Gasteiger partial charge in [-0.15, -0.1) is 0 Å². The van der Waals surface area contributed by atoms with Gasteiger partial charge in [0, 0.05) is 12.1 Å². The summed E-state index contributed by atoms with van der Waals surface area (Å²) in [6.07, 6.45) is -2.86. The van der Waals surface area contributed by atoms with Gasteiger partial charge in [0.1, 0.15) is 4.83 Å². The Morgan fingerprint density at radius 3 is 2.72 bits per heavy atom. The van der Waals surface area contributed by atoms with Crippen LogP contribution in [0.2, 0.25) is 0 Å². The van der Waals surface area contributed by atoms with Gasteiger partial charge in [-0.25, -0.2) is 0 Å². The minimum absolute atomic E-state index is 0.0540. The van der Waals surface area contributed by atoms with Gasteiger partial charge in [0.2, 0.25) is 0 Å². The van der Waals surface area contributed by atoms with E-state index in [1.165, 1.54) is 12.1 Å². The number of hydrogen-bond acceptors (Lipinski definition) is 1. The predicted octanol–water partition coefficient (Wildman–Crippen LogP) is 3.36. The largest absolute Gasteiger partial charge is 0.405 e. The molecule has 0 fully saturated rings. The Bertz CT molecular complexity index is 473. The monoisotopic (exact) mass is 321 g/mol. The molecule has 1 aromatic rings. The quantitative estimate of drug-likeness (QED) is 0.789. The molecule has 0 aromatic heterocycles. The highest BCUT2D eigenvalue weighted by atomic mass is 79.9. The summed E-state index contributed by atoms with van der Waals surface area (Å²) in [5.41, 5.74) is 1.20. The molecule has 1 atom stereocenters. The summed E-state index contributed by atoms with van der Waals surface area (Å²) in [6.45, 7) is 0.555. The van der Waals surface area contributed by atoms with E-state index in [0.29, 0.717) is 18.5 Å². The van der Waals surface area contributed by atoms with Crippen LogP contribution in [0.3, 0.4) is 0 Å². The maximum atomic E-state index is 12.6. The van der Waals surface area contributed by atoms with Crippen LogP contribution in [0.15, 0.2) is 18.2 Å². The van der Waals surface area contributed by atoms with Gasteiger partial charge in [-0.1, -0.05) is 28.1 Å². The Balaban J connectivity index is 2.40. The van der Waals surface area contributed by atoms with E-state index in [9.17, 15) is 18.0 Å². The normalized spacial score (nSPS) is 17.7. The molecule has 1 heterocycles. The fourth-order valence-corrected chi connectivity index (χ4v) is 2.23. The van der Waals surface area contributed by atoms with Gasteiger partial charge in [-0.2, -0.15) is 13.2 Å². The van der Waals surface area contributed by atoms with Crippen LogP contribution in [0.25, 0.3) is 0 Å². The van der Waals surface area contributed by atoms with Crippen molar-refractivity contribution >= 4 is 21.8 Å². The standard InChI is InChI=1S/C12H11BrF3NO/c13-10(12(14,15)16)8-4-3-7-2-1-5-17-11(18)9(7)6-8/h3-4,6,10H,1-2,5H2,(H,17,18). The zero-order valence-corrected chi connectivity index (χ0v) is 10.9. The minimum atomic E-state index is -4.37. The maximum Gasteiger partial charge on any atom is 0.405 e. The molecule has 0 saturated heterocycles. The third-order valence-electron chi connectivity index (χ3n) is 2.87. The number of carbonyl (C=O) groups is 1. The van der Waals surface area contributed by atoms with Crippen molar-refractivity contribution in [2.24, 2.45) is 0 Å². The molecule has 18 heavy (non-hydrogen) atoms. The first kappa shape index (κ1) is 13.4. The summed E-state index contributed by atoms with van der Waals surface area (Å²) in [4.78, 5) is 9.98. The molecule has 2 nitrogen and oxygen atoms in total. The first-order valence-corrected chi connectivity index (χ1v) is 6.43. The van der Waals surface area contributed by atoms with E-state index < -0.39 is 11.0 Å². The molecule has 1 aliphatic rings. The number of fused-ring (bicyclic) bond motifs is 1. The van der Waals surface area contributed by atoms with Gasteiger partial charge in [-0.3, -0.25) is 4.79 Å². The highest BCUT2D eigenvalue weighted by Gasteiger charge is 2.39. The number of carbonyl (C=O) groups excluding carboxylic acids is 1. The lowest BCUT2D eigenvalue weighted by molar-refractivity contribution is -0.128. The van der Waals surface area contributed by atoms with Gasteiger partial charge in [0.25, 0.3) is 5.91 Å². The van der Waals surface area contributed by atoms with E-state index in [0.717, 1.165) is 12.0 Å². The number of hydrogen-bond donors (Lipinski definition) is 1. The molecule has 0 aliphatic carbocycles. The molecular weight excluding hydrogens is 311 g/mol. The molecular formula is C12H11BrF3NO. The molecule has 1 N–H and O–H groups in total. The van der Waals surface area contributed by atoms with Crippen molar-refractivity contribution in [2.75, 3.05) is 6.54 Å². The average Bonchev–Trinajstić information content (AvgIpc) is 2.49. The first-order chi connectivity index (χ1) is 8.39. The Hall–Kier alpha value is -1.04. The average molecular weight is 322 g/mol. The van der Waals surface area contributed by atoms with E-state index in [1.807, 2.05) is 0 Å². The smallest absolute Gasteiger partial charge is 0.352 e. The van der Waals surface area contributed by atoms with E-state index >= 15 is 0 Å². The molecule has 0 spiro atoms. The predicted molar refractivity (Wildman–Crippen MR) is 64.8 cm³/mol. The van der Waals surface area contributed by atoms with Crippen LogP contribution in [0.5, 0.6) is 0 Å². The van der Waals surface area contributed by atoms with Crippen LogP contribution in [0.1, 0.15) is 32.7 Å². The highest BCUT2D eigenvalue weighted by molar-refractivity contribution is 9.09. The third kappa shape index (κ3) is 2.68. The second kappa shape index (κ2) is 4.91. The Kier molecular flexibility index (Phi) is 3.66. The van der Waals surface area contributed by atoms with Crippen molar-refractivity contribution in [1.29, 1.82) is 0 Å². The molecule has 2 rings (SSSR count). The van der Waals surface area contributed by atoms with E-state index in [4.69, 9.17) is 0 Å². The van der Waals surface area contributed by atoms with Crippen LogP contribution in [-0.4, -0.2) is 18.6 Å². The van der Waals surface area contributed by atoms with Gasteiger partial charge >= 0.3 is 6.18 Å². The van der Waals surface area contributed by atoms with Crippen LogP contribution < -0.4 is 5.32 Å². The number of benzene rings is 1. The van der Waals surface area contributed by atoms with Crippen molar-refractivity contribution in [3.05, 3.63) is 34.9 Å². The summed E-state index contributed by atoms with van der Waals surface area (Å²) in [5, 5.41) is 2.67. The number of rotatable bonds is 1. The van der Waals surface area contributed by atoms with Crippen molar-refractivity contribution in [2.45, 2.75) is 23.8 Å². The minimum Gasteiger partial charge on any atom is -0.352 e. The summed E-state index contributed by atoms with van der Waals surface area (Å²) in [6, 6.07) is 4.35. The summed E-state index contributed by atoms with van der Waals surface area (Å²) < 4.78 is 37.8. The lowest BCUT2D eigenvalue weighted by Crippen LogP contribution is -2.23. The Morgan fingerprint density at radius 1 is 1.33 bits per heavy atom. The molecule has 0 bridgehead atoms. The van der Waals surface area contributed by atoms with Crippen molar-refractivity contribution < 1.29 is 18.0 Å². The second-order valence-corrected chi connectivity index (χ2v) is 5.10. The van der Waals surface area contributed by atoms with E-state index in [-0.39, 0.29) is 11.5 Å². The molecule has 98 valence electrons. The summed E-state index contributed by atoms with van der Waals surface area (Å²) in [5.74, 6) is -0.300. The zero-order chi connectivity index (χ0) is 13.3. The lowest BCUT2D eigenvalue weighted by atomic mass is 9.99. The number of amides is 1. The topological polar surface area (TPSA) is 29.1 Å². The lowest BCUT2D eigenvalue weighted by Gasteiger charge is -2.16. The SMILES string of the molecule is O=C1NCCCc2ccc(C(Br)C(F)(F)F)cc21. The van der Waals surface area contributed by atoms with Gasteiger partial charge in [0.15, 0.2) is 0 Å². The molecule has 1 amide bonds. The van der Waals surface area contributed by atoms with Crippen LogP contribution in [-0.2, 0) is 6.42 Å². The fraction of sp³-hybridized carbons (Fsp3) is 0.417. The molecule has 1 unspecified atom stereocenters. The summed E-state index contributed by atoms with van der Waals surface area (Å²) >= 11 is 2.62.